The third-order valence-electron chi connectivity index (χ3n) is 8.72. The number of halogens is 1. The van der Waals surface area contributed by atoms with Gasteiger partial charge in [0.25, 0.3) is 0 Å². The Morgan fingerprint density at radius 2 is 0.622 bits per heavy atom. The monoisotopic (exact) mass is 576 g/mol. The predicted octanol–water partition coefficient (Wildman–Crippen LogP) is 12.5. The highest BCUT2D eigenvalue weighted by atomic mass is 19.1. The highest BCUT2D eigenvalue weighted by molar-refractivity contribution is 6.28. The molecule has 0 nitrogen and oxygen atoms in total. The van der Waals surface area contributed by atoms with E-state index in [-0.39, 0.29) is 5.82 Å². The molecule has 8 rings (SSSR count). The minimum atomic E-state index is -0.227. The van der Waals surface area contributed by atoms with Gasteiger partial charge in [-0.05, 0) is 72.3 Å². The first-order valence-electron chi connectivity index (χ1n) is 15.3. The van der Waals surface area contributed by atoms with Gasteiger partial charge in [-0.3, -0.25) is 0 Å². The zero-order valence-corrected chi connectivity index (χ0v) is 24.6. The Balaban J connectivity index is 1.72. The van der Waals surface area contributed by atoms with Crippen molar-refractivity contribution in [2.24, 2.45) is 0 Å². The van der Waals surface area contributed by atoms with Crippen molar-refractivity contribution in [2.45, 2.75) is 0 Å². The van der Waals surface area contributed by atoms with E-state index in [0.717, 1.165) is 71.6 Å². The maximum Gasteiger partial charge on any atom is 0.131 e. The third-order valence-corrected chi connectivity index (χ3v) is 8.72. The van der Waals surface area contributed by atoms with Crippen molar-refractivity contribution in [1.82, 2.24) is 0 Å². The highest BCUT2D eigenvalue weighted by Gasteiger charge is 2.26. The van der Waals surface area contributed by atoms with E-state index in [1.807, 2.05) is 36.4 Å². The van der Waals surface area contributed by atoms with Crippen LogP contribution in [-0.2, 0) is 0 Å². The summed E-state index contributed by atoms with van der Waals surface area (Å²) in [6.07, 6.45) is 0. The van der Waals surface area contributed by atoms with E-state index < -0.39 is 0 Å². The van der Waals surface area contributed by atoms with Crippen LogP contribution < -0.4 is 0 Å². The molecule has 45 heavy (non-hydrogen) atoms. The van der Waals surface area contributed by atoms with Crippen LogP contribution in [0.15, 0.2) is 176 Å². The summed E-state index contributed by atoms with van der Waals surface area (Å²) in [7, 11) is 0. The van der Waals surface area contributed by atoms with E-state index in [2.05, 4.69) is 133 Å². The second-order valence-electron chi connectivity index (χ2n) is 11.3. The molecule has 0 aliphatic carbocycles. The van der Waals surface area contributed by atoms with E-state index in [0.29, 0.717) is 5.56 Å². The average Bonchev–Trinajstić information content (AvgIpc) is 3.12. The Kier molecular flexibility index (Phi) is 6.77. The van der Waals surface area contributed by atoms with Crippen LogP contribution in [0.4, 0.5) is 4.39 Å². The fraction of sp³-hybridized carbons (Fsp3) is 0. The zero-order valence-electron chi connectivity index (χ0n) is 24.6. The molecule has 8 aromatic rings. The van der Waals surface area contributed by atoms with Crippen molar-refractivity contribution < 1.29 is 4.39 Å². The number of benzene rings is 8. The number of fused-ring (bicyclic) bond motifs is 3. The lowest BCUT2D eigenvalue weighted by Crippen LogP contribution is -1.99. The van der Waals surface area contributed by atoms with Gasteiger partial charge >= 0.3 is 0 Å². The summed E-state index contributed by atoms with van der Waals surface area (Å²) in [6.45, 7) is 0. The van der Waals surface area contributed by atoms with Gasteiger partial charge in [-0.2, -0.15) is 0 Å². The number of hydrogen-bond donors (Lipinski definition) is 0. The van der Waals surface area contributed by atoms with Crippen molar-refractivity contribution in [1.29, 1.82) is 0 Å². The summed E-state index contributed by atoms with van der Waals surface area (Å²) >= 11 is 0. The van der Waals surface area contributed by atoms with E-state index in [9.17, 15) is 0 Å². The number of rotatable bonds is 5. The van der Waals surface area contributed by atoms with Crippen LogP contribution in [0.5, 0.6) is 0 Å². The predicted molar refractivity (Wildman–Crippen MR) is 189 cm³/mol. The Hall–Kier alpha value is -5.79. The molecule has 0 spiro atoms. The minimum Gasteiger partial charge on any atom is -0.206 e. The molecule has 8 aromatic carbocycles. The maximum absolute atomic E-state index is 16.3. The summed E-state index contributed by atoms with van der Waals surface area (Å²) in [6, 6.07) is 60.4. The van der Waals surface area contributed by atoms with Crippen molar-refractivity contribution >= 4 is 21.5 Å². The van der Waals surface area contributed by atoms with Gasteiger partial charge in [0.05, 0.1) is 0 Å². The standard InChI is InChI=1S/C44H29F/c45-37-29-27-35-26-28-36-38(30-16-6-1-7-17-30)40(32-20-10-3-11-21-32)42(33-22-12-4-13-23-33)43(34-24-14-5-15-25-34)44(36)41(35)39(37)31-18-8-2-9-19-31/h1-29H. The summed E-state index contributed by atoms with van der Waals surface area (Å²) in [5, 5.41) is 4.07. The lowest BCUT2D eigenvalue weighted by atomic mass is 9.77. The minimum absolute atomic E-state index is 0.227. The molecule has 0 bridgehead atoms. The summed E-state index contributed by atoms with van der Waals surface area (Å²) in [5.74, 6) is -0.227. The molecule has 0 heterocycles. The van der Waals surface area contributed by atoms with Gasteiger partial charge in [0.15, 0.2) is 0 Å². The Bertz CT molecular complexity index is 2270. The Morgan fingerprint density at radius 1 is 0.267 bits per heavy atom. The smallest absolute Gasteiger partial charge is 0.131 e. The first-order chi connectivity index (χ1) is 22.3. The molecule has 0 aliphatic rings. The molecule has 0 aromatic heterocycles. The molecule has 0 unspecified atom stereocenters. The van der Waals surface area contributed by atoms with Crippen molar-refractivity contribution in [3.8, 4) is 55.6 Å². The lowest BCUT2D eigenvalue weighted by molar-refractivity contribution is 0.633. The molecule has 0 amide bonds. The van der Waals surface area contributed by atoms with E-state index in [1.165, 1.54) is 0 Å². The highest BCUT2D eigenvalue weighted by Crippen LogP contribution is 2.53. The van der Waals surface area contributed by atoms with Crippen LogP contribution >= 0.6 is 0 Å². The molecule has 0 fully saturated rings. The summed E-state index contributed by atoms with van der Waals surface area (Å²) in [5.41, 5.74) is 10.5. The van der Waals surface area contributed by atoms with Crippen LogP contribution in [0.1, 0.15) is 0 Å². The van der Waals surface area contributed by atoms with Gasteiger partial charge in [0, 0.05) is 10.9 Å². The Morgan fingerprint density at radius 3 is 1.09 bits per heavy atom. The fourth-order valence-electron chi connectivity index (χ4n) is 6.84. The molecule has 0 saturated carbocycles. The number of hydrogen-bond acceptors (Lipinski definition) is 0. The SMILES string of the molecule is Fc1ccc2ccc3c(-c4ccccc4)c(-c4ccccc4)c(-c4ccccc4)c(-c4ccccc4)c3c2c1-c1ccccc1. The van der Waals surface area contributed by atoms with Gasteiger partial charge in [-0.25, -0.2) is 4.39 Å². The van der Waals surface area contributed by atoms with E-state index in [4.69, 9.17) is 0 Å². The fourth-order valence-corrected chi connectivity index (χ4v) is 6.84. The summed E-state index contributed by atoms with van der Waals surface area (Å²) in [4.78, 5) is 0. The quantitative estimate of drug-likeness (QED) is 0.179. The second-order valence-corrected chi connectivity index (χ2v) is 11.3. The van der Waals surface area contributed by atoms with Gasteiger partial charge in [-0.1, -0.05) is 170 Å². The molecular formula is C44H29F. The topological polar surface area (TPSA) is 0 Å². The van der Waals surface area contributed by atoms with Crippen LogP contribution in [0, 0.1) is 5.82 Å². The van der Waals surface area contributed by atoms with E-state index >= 15 is 4.39 Å². The van der Waals surface area contributed by atoms with Crippen LogP contribution in [0.2, 0.25) is 0 Å². The maximum atomic E-state index is 16.3. The molecule has 0 radical (unpaired) electrons. The molecule has 212 valence electrons. The van der Waals surface area contributed by atoms with Gasteiger partial charge in [-0.15, -0.1) is 0 Å². The normalized spacial score (nSPS) is 11.2. The molecule has 0 aliphatic heterocycles. The summed E-state index contributed by atoms with van der Waals surface area (Å²) < 4.78 is 16.3. The third kappa shape index (κ3) is 4.61. The molecule has 0 saturated heterocycles. The Labute approximate surface area is 262 Å². The van der Waals surface area contributed by atoms with Gasteiger partial charge in [0.1, 0.15) is 5.82 Å². The van der Waals surface area contributed by atoms with Crippen molar-refractivity contribution in [3.63, 3.8) is 0 Å². The average molecular weight is 577 g/mol. The van der Waals surface area contributed by atoms with Crippen LogP contribution in [-0.4, -0.2) is 0 Å². The first kappa shape index (κ1) is 26.8. The van der Waals surface area contributed by atoms with Gasteiger partial charge < -0.3 is 0 Å². The molecular weight excluding hydrogens is 547 g/mol. The largest absolute Gasteiger partial charge is 0.206 e. The van der Waals surface area contributed by atoms with Gasteiger partial charge in [0.2, 0.25) is 0 Å². The molecule has 0 atom stereocenters. The molecule has 1 heteroatoms. The van der Waals surface area contributed by atoms with Crippen molar-refractivity contribution in [3.05, 3.63) is 182 Å². The second kappa shape index (κ2) is 11.4. The van der Waals surface area contributed by atoms with Crippen LogP contribution in [0.25, 0.3) is 77.2 Å². The zero-order chi connectivity index (χ0) is 30.2. The van der Waals surface area contributed by atoms with E-state index in [1.54, 1.807) is 6.07 Å². The van der Waals surface area contributed by atoms with Crippen molar-refractivity contribution in [2.75, 3.05) is 0 Å². The molecule has 0 N–H and O–H groups in total. The van der Waals surface area contributed by atoms with Crippen LogP contribution in [0.3, 0.4) is 0 Å². The lowest BCUT2D eigenvalue weighted by Gasteiger charge is -2.26. The first-order valence-corrected chi connectivity index (χ1v) is 15.3.